The third-order valence-corrected chi connectivity index (χ3v) is 3.48. The topological polar surface area (TPSA) is 46.9 Å². The molecule has 1 heterocycles. The molecule has 1 unspecified atom stereocenters. The van der Waals surface area contributed by atoms with Gasteiger partial charge in [0.15, 0.2) is 5.82 Å². The van der Waals surface area contributed by atoms with Crippen LogP contribution >= 0.6 is 0 Å². The van der Waals surface area contributed by atoms with Gasteiger partial charge in [0.25, 0.3) is 5.56 Å². The van der Waals surface area contributed by atoms with Crippen molar-refractivity contribution in [1.29, 1.82) is 0 Å². The Hall–Kier alpha value is -1.32. The number of nitrogens with zero attached hydrogens (tertiary/aromatic N) is 2. The second kappa shape index (κ2) is 5.55. The van der Waals surface area contributed by atoms with Crippen LogP contribution in [-0.2, 0) is 0 Å². The fourth-order valence-electron chi connectivity index (χ4n) is 1.51. The lowest BCUT2D eigenvalue weighted by Crippen LogP contribution is -2.30. The van der Waals surface area contributed by atoms with E-state index in [1.54, 1.807) is 17.0 Å². The number of rotatable bonds is 4. The molecule has 18 heavy (non-hydrogen) atoms. The van der Waals surface area contributed by atoms with E-state index in [-0.39, 0.29) is 17.0 Å². The van der Waals surface area contributed by atoms with Gasteiger partial charge in [-0.15, -0.1) is 0 Å². The molecule has 0 saturated carbocycles. The van der Waals surface area contributed by atoms with Gasteiger partial charge >= 0.3 is 0 Å². The molecule has 0 amide bonds. The van der Waals surface area contributed by atoms with Crippen LogP contribution < -0.4 is 10.9 Å². The first-order valence-electron chi connectivity index (χ1n) is 6.54. The van der Waals surface area contributed by atoms with Crippen molar-refractivity contribution in [2.24, 2.45) is 11.3 Å². The fraction of sp³-hybridized carbons (Fsp3) is 0.714. The molecule has 0 saturated heterocycles. The molecule has 0 spiro atoms. The largest absolute Gasteiger partial charge is 0.365 e. The van der Waals surface area contributed by atoms with Crippen LogP contribution in [0.5, 0.6) is 0 Å². The zero-order chi connectivity index (χ0) is 13.9. The van der Waals surface area contributed by atoms with Crippen LogP contribution in [0.4, 0.5) is 5.82 Å². The number of hydrogen-bond acceptors (Lipinski definition) is 3. The van der Waals surface area contributed by atoms with Crippen LogP contribution in [-0.4, -0.2) is 16.1 Å². The third-order valence-electron chi connectivity index (χ3n) is 3.48. The van der Waals surface area contributed by atoms with Gasteiger partial charge in [-0.2, -0.15) is 0 Å². The normalized spacial score (nSPS) is 13.7. The molecule has 0 aliphatic heterocycles. The maximum absolute atomic E-state index is 12.1. The molecule has 4 nitrogen and oxygen atoms in total. The van der Waals surface area contributed by atoms with Crippen molar-refractivity contribution in [2.45, 2.75) is 47.6 Å². The molecule has 1 N–H and O–H groups in total. The maximum Gasteiger partial charge on any atom is 0.293 e. The van der Waals surface area contributed by atoms with Crippen LogP contribution in [0.2, 0.25) is 0 Å². The summed E-state index contributed by atoms with van der Waals surface area (Å²) in [5.74, 6) is 0.911. The molecule has 0 radical (unpaired) electrons. The minimum Gasteiger partial charge on any atom is -0.365 e. The van der Waals surface area contributed by atoms with Crippen molar-refractivity contribution in [3.05, 3.63) is 22.7 Å². The lowest BCUT2D eigenvalue weighted by Gasteiger charge is -2.27. The van der Waals surface area contributed by atoms with Crippen molar-refractivity contribution in [3.63, 3.8) is 0 Å². The van der Waals surface area contributed by atoms with E-state index in [0.717, 1.165) is 6.54 Å². The van der Waals surface area contributed by atoms with Crippen LogP contribution in [0.3, 0.4) is 0 Å². The van der Waals surface area contributed by atoms with Crippen molar-refractivity contribution in [2.75, 3.05) is 11.9 Å². The Bertz CT molecular complexity index is 443. The summed E-state index contributed by atoms with van der Waals surface area (Å²) in [7, 11) is 0. The number of anilines is 1. The predicted octanol–water partition coefficient (Wildman–Crippen LogP) is 2.92. The molecular formula is C14H25N3O. The first kappa shape index (κ1) is 14.7. The number of nitrogens with one attached hydrogen (secondary N) is 1. The van der Waals surface area contributed by atoms with Gasteiger partial charge in [-0.05, 0) is 25.2 Å². The Labute approximate surface area is 109 Å². The van der Waals surface area contributed by atoms with Crippen molar-refractivity contribution < 1.29 is 0 Å². The first-order valence-corrected chi connectivity index (χ1v) is 6.54. The maximum atomic E-state index is 12.1. The quantitative estimate of drug-likeness (QED) is 0.895. The molecule has 1 aromatic rings. The Morgan fingerprint density at radius 3 is 2.44 bits per heavy atom. The highest BCUT2D eigenvalue weighted by Crippen LogP contribution is 2.24. The summed E-state index contributed by atoms with van der Waals surface area (Å²) in [5.41, 5.74) is 0.173. The highest BCUT2D eigenvalue weighted by atomic mass is 16.1. The lowest BCUT2D eigenvalue weighted by atomic mass is 9.82. The third kappa shape index (κ3) is 3.59. The SMILES string of the molecule is CC(C)n1ccnc(NCC(C)C(C)(C)C)c1=O. The van der Waals surface area contributed by atoms with E-state index in [4.69, 9.17) is 0 Å². The number of hydrogen-bond donors (Lipinski definition) is 1. The fourth-order valence-corrected chi connectivity index (χ4v) is 1.51. The summed E-state index contributed by atoms with van der Waals surface area (Å²) in [4.78, 5) is 16.2. The van der Waals surface area contributed by atoms with E-state index in [2.05, 4.69) is 38.0 Å². The van der Waals surface area contributed by atoms with E-state index < -0.39 is 0 Å². The minimum absolute atomic E-state index is 0.0476. The van der Waals surface area contributed by atoms with Crippen molar-refractivity contribution in [3.8, 4) is 0 Å². The Morgan fingerprint density at radius 1 is 1.33 bits per heavy atom. The van der Waals surface area contributed by atoms with Gasteiger partial charge < -0.3 is 9.88 Å². The second-order valence-corrected chi connectivity index (χ2v) is 6.23. The molecule has 0 aliphatic carbocycles. The standard InChI is InChI=1S/C14H25N3O/c1-10(2)17-8-7-15-12(13(17)18)16-9-11(3)14(4,5)6/h7-8,10-11H,9H2,1-6H3,(H,15,16). The average Bonchev–Trinajstić information content (AvgIpc) is 2.25. The molecule has 0 fully saturated rings. The van der Waals surface area contributed by atoms with Crippen LogP contribution in [0.25, 0.3) is 0 Å². The molecule has 102 valence electrons. The molecule has 1 aromatic heterocycles. The monoisotopic (exact) mass is 251 g/mol. The summed E-state index contributed by atoms with van der Waals surface area (Å²) in [6, 6.07) is 0.154. The summed E-state index contributed by atoms with van der Waals surface area (Å²) in [6.07, 6.45) is 3.40. The van der Waals surface area contributed by atoms with Gasteiger partial charge in [0, 0.05) is 25.0 Å². The van der Waals surface area contributed by atoms with Gasteiger partial charge in [0.2, 0.25) is 0 Å². The summed E-state index contributed by atoms with van der Waals surface area (Å²) in [5, 5.41) is 3.17. The van der Waals surface area contributed by atoms with Crippen molar-refractivity contribution in [1.82, 2.24) is 9.55 Å². The van der Waals surface area contributed by atoms with E-state index in [1.807, 2.05) is 13.8 Å². The highest BCUT2D eigenvalue weighted by Gasteiger charge is 2.20. The second-order valence-electron chi connectivity index (χ2n) is 6.23. The minimum atomic E-state index is -0.0476. The molecule has 0 aromatic carbocycles. The van der Waals surface area contributed by atoms with E-state index >= 15 is 0 Å². The Balaban J connectivity index is 2.81. The number of aromatic nitrogens is 2. The molecule has 1 rings (SSSR count). The molecule has 4 heteroatoms. The van der Waals surface area contributed by atoms with E-state index in [1.165, 1.54) is 0 Å². The van der Waals surface area contributed by atoms with Gasteiger partial charge in [-0.1, -0.05) is 27.7 Å². The zero-order valence-electron chi connectivity index (χ0n) is 12.3. The summed E-state index contributed by atoms with van der Waals surface area (Å²) in [6.45, 7) is 13.5. The first-order chi connectivity index (χ1) is 8.23. The lowest BCUT2D eigenvalue weighted by molar-refractivity contribution is 0.274. The Kier molecular flexibility index (Phi) is 4.54. The molecule has 1 atom stereocenters. The Morgan fingerprint density at radius 2 is 1.94 bits per heavy atom. The van der Waals surface area contributed by atoms with Gasteiger partial charge in [0.1, 0.15) is 0 Å². The van der Waals surface area contributed by atoms with E-state index in [0.29, 0.717) is 11.7 Å². The summed E-state index contributed by atoms with van der Waals surface area (Å²) < 4.78 is 1.69. The molecular weight excluding hydrogens is 226 g/mol. The average molecular weight is 251 g/mol. The molecule has 0 bridgehead atoms. The van der Waals surface area contributed by atoms with Crippen molar-refractivity contribution >= 4 is 5.82 Å². The van der Waals surface area contributed by atoms with E-state index in [9.17, 15) is 4.79 Å². The van der Waals surface area contributed by atoms with Crippen LogP contribution in [0.1, 0.15) is 47.6 Å². The van der Waals surface area contributed by atoms with Gasteiger partial charge in [-0.3, -0.25) is 4.79 Å². The van der Waals surface area contributed by atoms with Crippen LogP contribution in [0, 0.1) is 11.3 Å². The summed E-state index contributed by atoms with van der Waals surface area (Å²) >= 11 is 0. The highest BCUT2D eigenvalue weighted by molar-refractivity contribution is 5.30. The van der Waals surface area contributed by atoms with Gasteiger partial charge in [-0.25, -0.2) is 4.98 Å². The van der Waals surface area contributed by atoms with Gasteiger partial charge in [0.05, 0.1) is 0 Å². The van der Waals surface area contributed by atoms with Crippen LogP contribution in [0.15, 0.2) is 17.2 Å². The predicted molar refractivity (Wildman–Crippen MR) is 76.0 cm³/mol. The molecule has 0 aliphatic rings. The zero-order valence-corrected chi connectivity index (χ0v) is 12.3. The smallest absolute Gasteiger partial charge is 0.293 e.